The summed E-state index contributed by atoms with van der Waals surface area (Å²) >= 11 is 0. The summed E-state index contributed by atoms with van der Waals surface area (Å²) in [5.74, 6) is -0.984. The fourth-order valence-corrected chi connectivity index (χ4v) is 7.41. The van der Waals surface area contributed by atoms with Crippen molar-refractivity contribution in [3.8, 4) is 0 Å². The Bertz CT molecular complexity index is 2260. The molecule has 3 aromatic heterocycles. The van der Waals surface area contributed by atoms with E-state index >= 15 is 0 Å². The lowest BCUT2D eigenvalue weighted by Crippen LogP contribution is -2.32. The lowest BCUT2D eigenvalue weighted by atomic mass is 10.1. The van der Waals surface area contributed by atoms with Gasteiger partial charge in [-0.25, -0.2) is 4.79 Å². The van der Waals surface area contributed by atoms with E-state index in [1.807, 2.05) is 54.6 Å². The number of carbonyl (C=O) groups is 2. The third-order valence-corrected chi connectivity index (χ3v) is 11.0. The number of hydrogen-bond acceptors (Lipinski definition) is 13. The zero-order valence-corrected chi connectivity index (χ0v) is 35.8. The largest absolute Gasteiger partial charge is 0.480 e. The number of rotatable bonds is 16. The molecule has 15 nitrogen and oxygen atoms in total. The fraction of sp³-hybridized carbons (Fsp3) is 0.458. The molecule has 3 atom stereocenters. The number of likely N-dealkylation sites (tertiary alicyclic amines) is 2. The topological polar surface area (TPSA) is 201 Å². The molecule has 6 heterocycles. The van der Waals surface area contributed by atoms with E-state index < -0.39 is 5.97 Å². The number of nitrogens with zero attached hydrogens (tertiary/aromatic N) is 2. The van der Waals surface area contributed by atoms with E-state index in [4.69, 9.17) is 37.7 Å². The predicted molar refractivity (Wildman–Crippen MR) is 238 cm³/mol. The Kier molecular flexibility index (Phi) is 19.0. The van der Waals surface area contributed by atoms with Gasteiger partial charge in [-0.15, -0.1) is 0 Å². The highest BCUT2D eigenvalue weighted by Crippen LogP contribution is 2.20. The first kappa shape index (κ1) is 47.4. The minimum absolute atomic E-state index is 0.0446. The van der Waals surface area contributed by atoms with E-state index in [9.17, 15) is 19.8 Å². The molecule has 0 aliphatic carbocycles. The Hall–Kier alpha value is -5.10. The number of amides is 1. The second-order valence-electron chi connectivity index (χ2n) is 15.9. The van der Waals surface area contributed by atoms with Crippen LogP contribution in [0, 0.1) is 0 Å². The SMILES string of the molecule is O=C(COCCc1ccc2occc2c1)N1CCC(O)C1.O=C(O)COCCc1ccc2occc2c1.OC1CCN(CCOCCc2ccc3occc3c2)C1.OC1CCNC1. The van der Waals surface area contributed by atoms with Gasteiger partial charge in [-0.3, -0.25) is 9.69 Å². The minimum Gasteiger partial charge on any atom is -0.480 e. The number of fused-ring (bicyclic) bond motifs is 3. The van der Waals surface area contributed by atoms with Crippen molar-refractivity contribution in [2.24, 2.45) is 0 Å². The smallest absolute Gasteiger partial charge is 0.329 e. The van der Waals surface area contributed by atoms with E-state index in [-0.39, 0.29) is 37.4 Å². The van der Waals surface area contributed by atoms with Gasteiger partial charge in [0.25, 0.3) is 0 Å². The number of nitrogens with one attached hydrogen (secondary N) is 1. The number of aliphatic hydroxyl groups excluding tert-OH is 3. The highest BCUT2D eigenvalue weighted by molar-refractivity contribution is 5.79. The number of β-amino-alcohol motifs (C(OH)–C–C–N with tert-alkyl or cyclic N) is 3. The molecule has 0 bridgehead atoms. The van der Waals surface area contributed by atoms with Crippen LogP contribution in [-0.2, 0) is 43.1 Å². The summed E-state index contributed by atoms with van der Waals surface area (Å²) in [5, 5.41) is 42.2. The molecule has 15 heteroatoms. The molecule has 3 fully saturated rings. The number of carbonyl (C=O) groups excluding carboxylic acids is 1. The zero-order chi connectivity index (χ0) is 44.2. The Morgan fingerprint density at radius 1 is 0.603 bits per heavy atom. The number of furan rings is 3. The molecule has 6 aromatic rings. The normalized spacial score (nSPS) is 18.5. The van der Waals surface area contributed by atoms with Gasteiger partial charge in [0.2, 0.25) is 5.91 Å². The van der Waals surface area contributed by atoms with E-state index in [0.717, 1.165) is 116 Å². The first-order chi connectivity index (χ1) is 30.7. The van der Waals surface area contributed by atoms with E-state index in [1.54, 1.807) is 23.7 Å². The van der Waals surface area contributed by atoms with Crippen molar-refractivity contribution < 1.29 is 57.5 Å². The molecule has 63 heavy (non-hydrogen) atoms. The summed E-state index contributed by atoms with van der Waals surface area (Å²) in [6.45, 7) is 7.76. The van der Waals surface area contributed by atoms with Crippen LogP contribution in [0.5, 0.6) is 0 Å². The molecule has 0 spiro atoms. The molecule has 0 radical (unpaired) electrons. The standard InChI is InChI=1S/C16H19NO4.C16H21NO3.C12H12O4.C4H9NO/c18-14-3-6-17(10-14)16(19)11-20-7-4-12-1-2-15-13(9-12)5-8-21-15;18-15-3-6-17(12-15)7-10-19-8-4-13-1-2-16-14(11-13)5-9-20-16;13-12(14)8-15-5-3-9-1-2-11-10(7-9)4-6-16-11;6-4-1-2-5-3-4/h1-2,5,8-9,14,18H,3-4,6-7,10-11H2;1-2,5,9,11,15,18H,3-4,6-8,10,12H2;1-2,4,6-7H,3,5,8H2,(H,13,14);4-6H,1-3H2. The van der Waals surface area contributed by atoms with Crippen LogP contribution in [0.1, 0.15) is 36.0 Å². The van der Waals surface area contributed by atoms with E-state index in [2.05, 4.69) is 28.4 Å². The summed E-state index contributed by atoms with van der Waals surface area (Å²) in [7, 11) is 0. The number of ether oxygens (including phenoxy) is 3. The maximum Gasteiger partial charge on any atom is 0.329 e. The second-order valence-corrected chi connectivity index (χ2v) is 15.9. The summed E-state index contributed by atoms with van der Waals surface area (Å²) in [6, 6.07) is 24.0. The fourth-order valence-electron chi connectivity index (χ4n) is 7.41. The maximum atomic E-state index is 11.8. The molecule has 3 aliphatic rings. The molecule has 3 aromatic carbocycles. The van der Waals surface area contributed by atoms with Crippen LogP contribution in [0.3, 0.4) is 0 Å². The molecule has 3 aliphatic heterocycles. The minimum atomic E-state index is -0.940. The van der Waals surface area contributed by atoms with Gasteiger partial charge in [0.1, 0.15) is 30.0 Å². The van der Waals surface area contributed by atoms with E-state index in [1.165, 1.54) is 5.56 Å². The van der Waals surface area contributed by atoms with Crippen molar-refractivity contribution in [2.45, 2.75) is 56.8 Å². The van der Waals surface area contributed by atoms with Crippen molar-refractivity contribution in [1.29, 1.82) is 0 Å². The van der Waals surface area contributed by atoms with Gasteiger partial charge in [0, 0.05) is 55.4 Å². The van der Waals surface area contributed by atoms with Crippen molar-refractivity contribution in [3.63, 3.8) is 0 Å². The average molecular weight is 872 g/mol. The van der Waals surface area contributed by atoms with Gasteiger partial charge >= 0.3 is 5.97 Å². The number of benzene rings is 3. The van der Waals surface area contributed by atoms with Gasteiger partial charge in [0.05, 0.1) is 63.5 Å². The van der Waals surface area contributed by atoms with Gasteiger partial charge in [-0.2, -0.15) is 0 Å². The van der Waals surface area contributed by atoms with Crippen LogP contribution in [-0.4, -0.2) is 146 Å². The van der Waals surface area contributed by atoms with Gasteiger partial charge in [-0.05, 0) is 116 Å². The highest BCUT2D eigenvalue weighted by atomic mass is 16.5. The van der Waals surface area contributed by atoms with Crippen LogP contribution in [0.2, 0.25) is 0 Å². The molecular weight excluding hydrogens is 811 g/mol. The lowest BCUT2D eigenvalue weighted by Gasteiger charge is -2.15. The summed E-state index contributed by atoms with van der Waals surface area (Å²) < 4.78 is 31.9. The Morgan fingerprint density at radius 2 is 1.11 bits per heavy atom. The number of aliphatic hydroxyl groups is 3. The number of aliphatic carboxylic acids is 1. The monoisotopic (exact) mass is 871 g/mol. The first-order valence-corrected chi connectivity index (χ1v) is 21.8. The third kappa shape index (κ3) is 16.2. The van der Waals surface area contributed by atoms with Crippen LogP contribution in [0.15, 0.2) is 105 Å². The molecule has 1 amide bonds. The quantitative estimate of drug-likeness (QED) is 0.0809. The zero-order valence-electron chi connectivity index (χ0n) is 35.8. The van der Waals surface area contributed by atoms with Crippen LogP contribution in [0.4, 0.5) is 0 Å². The second kappa shape index (κ2) is 25.3. The molecule has 3 unspecified atom stereocenters. The Balaban J connectivity index is 0.000000148. The molecule has 3 saturated heterocycles. The summed E-state index contributed by atoms with van der Waals surface area (Å²) in [4.78, 5) is 25.9. The van der Waals surface area contributed by atoms with Gasteiger partial charge in [0.15, 0.2) is 0 Å². The average Bonchev–Trinajstić information content (AvgIpc) is 4.15. The van der Waals surface area contributed by atoms with Gasteiger partial charge < -0.3 is 58.1 Å². The number of carboxylic acid groups (broad SMARTS) is 1. The molecule has 340 valence electrons. The lowest BCUT2D eigenvalue weighted by molar-refractivity contribution is -0.142. The number of hydrogen-bond donors (Lipinski definition) is 5. The third-order valence-electron chi connectivity index (χ3n) is 11.0. The van der Waals surface area contributed by atoms with E-state index in [0.29, 0.717) is 39.1 Å². The van der Waals surface area contributed by atoms with Crippen LogP contribution < -0.4 is 5.32 Å². The maximum absolute atomic E-state index is 11.8. The Labute approximate surface area is 367 Å². The summed E-state index contributed by atoms with van der Waals surface area (Å²) in [6.07, 6.45) is 9.33. The summed E-state index contributed by atoms with van der Waals surface area (Å²) in [5.41, 5.74) is 6.21. The van der Waals surface area contributed by atoms with Crippen LogP contribution in [0.25, 0.3) is 32.9 Å². The molecular formula is C48H61N3O12. The van der Waals surface area contributed by atoms with Crippen molar-refractivity contribution in [2.75, 3.05) is 85.5 Å². The van der Waals surface area contributed by atoms with Crippen molar-refractivity contribution >= 4 is 44.8 Å². The van der Waals surface area contributed by atoms with Crippen molar-refractivity contribution in [1.82, 2.24) is 15.1 Å². The molecule has 0 saturated carbocycles. The molecule has 5 N–H and O–H groups in total. The van der Waals surface area contributed by atoms with Crippen LogP contribution >= 0.6 is 0 Å². The van der Waals surface area contributed by atoms with Crippen molar-refractivity contribution in [3.05, 3.63) is 108 Å². The number of carboxylic acids is 1. The first-order valence-electron chi connectivity index (χ1n) is 21.8. The molecule has 9 rings (SSSR count). The Morgan fingerprint density at radius 3 is 1.54 bits per heavy atom. The predicted octanol–water partition coefficient (Wildman–Crippen LogP) is 5.06. The highest BCUT2D eigenvalue weighted by Gasteiger charge is 2.24. The van der Waals surface area contributed by atoms with Gasteiger partial charge in [-0.1, -0.05) is 18.2 Å².